The Morgan fingerprint density at radius 2 is 1.82 bits per heavy atom. The number of hydrazine groups is 1. The number of hydrogen-bond acceptors (Lipinski definition) is 4. The van der Waals surface area contributed by atoms with Gasteiger partial charge in [0.15, 0.2) is 5.03 Å². The van der Waals surface area contributed by atoms with E-state index in [0.717, 1.165) is 31.2 Å². The zero-order valence-electron chi connectivity index (χ0n) is 13.7. The van der Waals surface area contributed by atoms with Gasteiger partial charge in [0, 0.05) is 5.01 Å². The summed E-state index contributed by atoms with van der Waals surface area (Å²) in [4.78, 5) is 23.1. The molecule has 0 aromatic heterocycles. The first-order valence-electron chi connectivity index (χ1n) is 7.51. The number of nitro groups is 1. The normalized spacial score (nSPS) is 11.1. The highest BCUT2D eigenvalue weighted by Gasteiger charge is 2.31. The molecule has 0 bridgehead atoms. The van der Waals surface area contributed by atoms with Gasteiger partial charge >= 0.3 is 6.09 Å². The molecule has 0 heterocycles. The number of carbonyl (C=O) groups excluding carboxylic acids is 1. The van der Waals surface area contributed by atoms with Crippen molar-refractivity contribution in [2.75, 3.05) is 5.01 Å². The Hall–Kier alpha value is -2.11. The molecule has 1 aromatic rings. The standard InChI is InChI=1S/C16H24N2O4/c1-5-6-7-8-13-9-11-14(12-10-13)17(18(20)21)15(19)22-16(2,3)4/h9-12H,5-8H2,1-4H3. The van der Waals surface area contributed by atoms with Crippen molar-refractivity contribution in [1.82, 2.24) is 0 Å². The fraction of sp³-hybridized carbons (Fsp3) is 0.562. The number of amides is 1. The van der Waals surface area contributed by atoms with E-state index in [2.05, 4.69) is 6.92 Å². The van der Waals surface area contributed by atoms with Gasteiger partial charge in [-0.25, -0.2) is 14.9 Å². The van der Waals surface area contributed by atoms with E-state index in [4.69, 9.17) is 4.74 Å². The number of carbonyl (C=O) groups is 1. The molecule has 0 fully saturated rings. The maximum Gasteiger partial charge on any atom is 0.473 e. The van der Waals surface area contributed by atoms with E-state index in [0.29, 0.717) is 5.01 Å². The molecule has 6 nitrogen and oxygen atoms in total. The predicted octanol–water partition coefficient (Wildman–Crippen LogP) is 4.35. The SMILES string of the molecule is CCCCCc1ccc(N(C(=O)OC(C)(C)C)[N+](=O)[O-])cc1. The van der Waals surface area contributed by atoms with Crippen LogP contribution in [-0.4, -0.2) is 16.7 Å². The average Bonchev–Trinajstić information content (AvgIpc) is 2.38. The zero-order chi connectivity index (χ0) is 16.8. The van der Waals surface area contributed by atoms with Crippen LogP contribution < -0.4 is 5.01 Å². The number of anilines is 1. The Bertz CT molecular complexity index is 506. The summed E-state index contributed by atoms with van der Waals surface area (Å²) in [5.74, 6) is 0. The molecule has 0 aliphatic rings. The van der Waals surface area contributed by atoms with Gasteiger partial charge in [-0.15, -0.1) is 0 Å². The lowest BCUT2D eigenvalue weighted by molar-refractivity contribution is -0.484. The van der Waals surface area contributed by atoms with Crippen LogP contribution in [-0.2, 0) is 11.2 Å². The molecule has 1 amide bonds. The summed E-state index contributed by atoms with van der Waals surface area (Å²) < 4.78 is 5.07. The van der Waals surface area contributed by atoms with Crippen LogP contribution in [0.4, 0.5) is 10.5 Å². The summed E-state index contributed by atoms with van der Waals surface area (Å²) in [5.41, 5.74) is 0.508. The molecule has 0 aliphatic carbocycles. The maximum absolute atomic E-state index is 12.0. The van der Waals surface area contributed by atoms with Crippen LogP contribution in [0.25, 0.3) is 0 Å². The van der Waals surface area contributed by atoms with E-state index in [1.165, 1.54) is 0 Å². The van der Waals surface area contributed by atoms with Gasteiger partial charge in [0.05, 0.1) is 0 Å². The topological polar surface area (TPSA) is 72.7 Å². The van der Waals surface area contributed by atoms with Gasteiger partial charge in [-0.3, -0.25) is 0 Å². The van der Waals surface area contributed by atoms with E-state index in [9.17, 15) is 14.9 Å². The fourth-order valence-corrected chi connectivity index (χ4v) is 1.95. The Labute approximate surface area is 131 Å². The van der Waals surface area contributed by atoms with Crippen molar-refractivity contribution in [3.05, 3.63) is 39.9 Å². The molecule has 0 N–H and O–H groups in total. The smallest absolute Gasteiger partial charge is 0.440 e. The second-order valence-corrected chi connectivity index (χ2v) is 6.15. The summed E-state index contributed by atoms with van der Waals surface area (Å²) in [6, 6.07) is 6.78. The lowest BCUT2D eigenvalue weighted by Crippen LogP contribution is -2.40. The number of unbranched alkanes of at least 4 members (excludes halogenated alkanes) is 2. The minimum Gasteiger partial charge on any atom is -0.440 e. The molecule has 0 saturated heterocycles. The van der Waals surface area contributed by atoms with Crippen LogP contribution in [0.3, 0.4) is 0 Å². The second-order valence-electron chi connectivity index (χ2n) is 6.15. The monoisotopic (exact) mass is 308 g/mol. The average molecular weight is 308 g/mol. The third-order valence-corrected chi connectivity index (χ3v) is 2.98. The van der Waals surface area contributed by atoms with Crippen molar-refractivity contribution >= 4 is 11.8 Å². The Balaban J connectivity index is 2.84. The largest absolute Gasteiger partial charge is 0.473 e. The van der Waals surface area contributed by atoms with Gasteiger partial charge in [-0.05, 0) is 51.3 Å². The van der Waals surface area contributed by atoms with Crippen molar-refractivity contribution in [3.63, 3.8) is 0 Å². The van der Waals surface area contributed by atoms with Crippen LogP contribution >= 0.6 is 0 Å². The molecule has 1 aromatic carbocycles. The van der Waals surface area contributed by atoms with Gasteiger partial charge in [0.25, 0.3) is 0 Å². The molecule has 0 saturated carbocycles. The molecule has 22 heavy (non-hydrogen) atoms. The number of rotatable bonds is 6. The van der Waals surface area contributed by atoms with Gasteiger partial charge in [-0.1, -0.05) is 31.9 Å². The molecule has 0 unspecified atom stereocenters. The van der Waals surface area contributed by atoms with Crippen LogP contribution in [0.5, 0.6) is 0 Å². The van der Waals surface area contributed by atoms with Gasteiger partial charge in [0.1, 0.15) is 11.3 Å². The number of benzene rings is 1. The summed E-state index contributed by atoms with van der Waals surface area (Å²) in [6.07, 6.45) is 3.32. The maximum atomic E-state index is 12.0. The van der Waals surface area contributed by atoms with E-state index >= 15 is 0 Å². The van der Waals surface area contributed by atoms with Crippen LogP contribution in [0.15, 0.2) is 24.3 Å². The summed E-state index contributed by atoms with van der Waals surface area (Å²) in [7, 11) is 0. The lowest BCUT2D eigenvalue weighted by atomic mass is 10.1. The van der Waals surface area contributed by atoms with Crippen LogP contribution in [0, 0.1) is 10.1 Å². The van der Waals surface area contributed by atoms with E-state index in [-0.39, 0.29) is 5.69 Å². The second kappa shape index (κ2) is 7.77. The van der Waals surface area contributed by atoms with Gasteiger partial charge in [-0.2, -0.15) is 0 Å². The molecule has 0 aliphatic heterocycles. The molecule has 6 heteroatoms. The third kappa shape index (κ3) is 5.71. The van der Waals surface area contributed by atoms with E-state index < -0.39 is 16.7 Å². The highest BCUT2D eigenvalue weighted by atomic mass is 16.7. The Morgan fingerprint density at radius 3 is 2.27 bits per heavy atom. The summed E-state index contributed by atoms with van der Waals surface area (Å²) >= 11 is 0. The molecule has 122 valence electrons. The summed E-state index contributed by atoms with van der Waals surface area (Å²) in [5, 5.41) is 10.8. The summed E-state index contributed by atoms with van der Waals surface area (Å²) in [6.45, 7) is 7.14. The fourth-order valence-electron chi connectivity index (χ4n) is 1.95. The minimum absolute atomic E-state index is 0.193. The first-order chi connectivity index (χ1) is 10.2. The van der Waals surface area contributed by atoms with Crippen molar-refractivity contribution < 1.29 is 14.6 Å². The Kier molecular flexibility index (Phi) is 6.34. The third-order valence-electron chi connectivity index (χ3n) is 2.98. The van der Waals surface area contributed by atoms with Gasteiger partial charge < -0.3 is 4.74 Å². The number of aryl methyl sites for hydroxylation is 1. The first kappa shape index (κ1) is 17.9. The van der Waals surface area contributed by atoms with E-state index in [1.54, 1.807) is 32.9 Å². The number of hydrogen-bond donors (Lipinski definition) is 0. The minimum atomic E-state index is -0.990. The van der Waals surface area contributed by atoms with Gasteiger partial charge in [0.2, 0.25) is 0 Å². The molecular weight excluding hydrogens is 284 g/mol. The van der Waals surface area contributed by atoms with Crippen molar-refractivity contribution in [1.29, 1.82) is 0 Å². The molecular formula is C16H24N2O4. The van der Waals surface area contributed by atoms with Crippen molar-refractivity contribution in [2.24, 2.45) is 0 Å². The highest BCUT2D eigenvalue weighted by Crippen LogP contribution is 2.20. The van der Waals surface area contributed by atoms with Crippen molar-refractivity contribution in [3.8, 4) is 0 Å². The van der Waals surface area contributed by atoms with Crippen LogP contribution in [0.2, 0.25) is 0 Å². The van der Waals surface area contributed by atoms with Crippen LogP contribution in [0.1, 0.15) is 52.5 Å². The highest BCUT2D eigenvalue weighted by molar-refractivity contribution is 5.85. The molecule has 0 spiro atoms. The molecule has 0 atom stereocenters. The van der Waals surface area contributed by atoms with Crippen molar-refractivity contribution in [2.45, 2.75) is 59.0 Å². The first-order valence-corrected chi connectivity index (χ1v) is 7.51. The predicted molar refractivity (Wildman–Crippen MR) is 85.4 cm³/mol. The number of nitrogens with zero attached hydrogens (tertiary/aromatic N) is 2. The number of ether oxygens (including phenoxy) is 1. The molecule has 0 radical (unpaired) electrons. The van der Waals surface area contributed by atoms with E-state index in [1.807, 2.05) is 12.1 Å². The Morgan fingerprint density at radius 1 is 1.23 bits per heavy atom. The molecule has 1 rings (SSSR count). The lowest BCUT2D eigenvalue weighted by Gasteiger charge is -2.21. The zero-order valence-corrected chi connectivity index (χ0v) is 13.7. The quantitative estimate of drug-likeness (QED) is 0.445.